The normalized spacial score (nSPS) is 17.5. The number of hydrogen-bond donors (Lipinski definition) is 1. The van der Waals surface area contributed by atoms with Gasteiger partial charge in [0.15, 0.2) is 0 Å². The minimum Gasteiger partial charge on any atom is -0.367 e. The highest BCUT2D eigenvalue weighted by Gasteiger charge is 2.24. The minimum atomic E-state index is -3.39. The van der Waals surface area contributed by atoms with Crippen molar-refractivity contribution in [3.8, 4) is 0 Å². The molecule has 0 aliphatic carbocycles. The molecular formula is C9H22NO4S+. The summed E-state index contributed by atoms with van der Waals surface area (Å²) >= 11 is 0. The van der Waals surface area contributed by atoms with E-state index in [-0.39, 0.29) is 24.4 Å². The summed E-state index contributed by atoms with van der Waals surface area (Å²) in [5.41, 5.74) is 3.55. The molecule has 3 N–H and O–H groups in total. The van der Waals surface area contributed by atoms with Crippen LogP contribution in [0.3, 0.4) is 0 Å². The third-order valence-electron chi connectivity index (χ3n) is 1.70. The molecular weight excluding hydrogens is 218 g/mol. The molecule has 0 radical (unpaired) electrons. The van der Waals surface area contributed by atoms with Crippen LogP contribution in [-0.4, -0.2) is 39.0 Å². The summed E-state index contributed by atoms with van der Waals surface area (Å²) in [6.07, 6.45) is 0.876. The number of quaternary nitrogens is 1. The second-order valence-corrected chi connectivity index (χ2v) is 6.33. The van der Waals surface area contributed by atoms with Crippen LogP contribution in [0.2, 0.25) is 0 Å². The van der Waals surface area contributed by atoms with Crippen molar-refractivity contribution in [3.05, 3.63) is 0 Å². The Bertz CT molecular complexity index is 281. The van der Waals surface area contributed by atoms with Crippen LogP contribution in [0.15, 0.2) is 0 Å². The van der Waals surface area contributed by atoms with E-state index in [0.717, 1.165) is 6.26 Å². The van der Waals surface area contributed by atoms with E-state index in [9.17, 15) is 8.42 Å². The lowest BCUT2D eigenvalue weighted by molar-refractivity contribution is -0.445. The third-order valence-corrected chi connectivity index (χ3v) is 2.26. The summed E-state index contributed by atoms with van der Waals surface area (Å²) in [4.78, 5) is 0. The van der Waals surface area contributed by atoms with Crippen molar-refractivity contribution in [2.24, 2.45) is 0 Å². The van der Waals surface area contributed by atoms with Gasteiger partial charge in [-0.15, -0.1) is 0 Å². The molecule has 0 aromatic carbocycles. The predicted octanol–water partition coefficient (Wildman–Crippen LogP) is -0.223. The average Bonchev–Trinajstić information content (AvgIpc) is 1.95. The van der Waals surface area contributed by atoms with Gasteiger partial charge in [0.25, 0.3) is 10.1 Å². The van der Waals surface area contributed by atoms with E-state index >= 15 is 0 Å². The van der Waals surface area contributed by atoms with Crippen molar-refractivity contribution in [1.82, 2.24) is 0 Å². The van der Waals surface area contributed by atoms with Crippen LogP contribution in [0.5, 0.6) is 0 Å². The number of rotatable bonds is 5. The fourth-order valence-electron chi connectivity index (χ4n) is 1.00. The Morgan fingerprint density at radius 3 is 2.13 bits per heavy atom. The minimum absolute atomic E-state index is 0.0517. The lowest BCUT2D eigenvalue weighted by atomic mass is 10.1. The van der Waals surface area contributed by atoms with Gasteiger partial charge in [0.05, 0.1) is 11.9 Å². The monoisotopic (exact) mass is 240 g/mol. The highest BCUT2D eigenvalue weighted by molar-refractivity contribution is 7.85. The van der Waals surface area contributed by atoms with E-state index in [1.807, 2.05) is 27.7 Å². The molecule has 0 unspecified atom stereocenters. The quantitative estimate of drug-likeness (QED) is 0.674. The van der Waals surface area contributed by atoms with Gasteiger partial charge in [0, 0.05) is 0 Å². The Morgan fingerprint density at radius 1 is 1.33 bits per heavy atom. The zero-order valence-electron chi connectivity index (χ0n) is 10.1. The van der Waals surface area contributed by atoms with E-state index in [1.165, 1.54) is 0 Å². The van der Waals surface area contributed by atoms with Crippen molar-refractivity contribution in [1.29, 1.82) is 0 Å². The summed E-state index contributed by atoms with van der Waals surface area (Å²) in [7, 11) is -3.39. The SMILES string of the molecule is C[C@@H](OC(C)(C)C)[C@H]([NH3+])COS(C)(=O)=O. The van der Waals surface area contributed by atoms with E-state index in [2.05, 4.69) is 9.92 Å². The molecule has 0 aliphatic rings. The van der Waals surface area contributed by atoms with Gasteiger partial charge in [-0.25, -0.2) is 0 Å². The Hall–Kier alpha value is -0.170. The van der Waals surface area contributed by atoms with Gasteiger partial charge in [-0.2, -0.15) is 8.42 Å². The van der Waals surface area contributed by atoms with Crippen molar-refractivity contribution in [2.75, 3.05) is 12.9 Å². The Morgan fingerprint density at radius 2 is 1.80 bits per heavy atom. The molecule has 0 saturated heterocycles. The van der Waals surface area contributed by atoms with Gasteiger partial charge in [0.1, 0.15) is 18.8 Å². The van der Waals surface area contributed by atoms with Gasteiger partial charge in [-0.3, -0.25) is 4.18 Å². The van der Waals surface area contributed by atoms with Crippen LogP contribution < -0.4 is 5.73 Å². The molecule has 0 heterocycles. The first-order valence-corrected chi connectivity index (χ1v) is 6.68. The average molecular weight is 240 g/mol. The van der Waals surface area contributed by atoms with E-state index in [0.29, 0.717) is 0 Å². The van der Waals surface area contributed by atoms with Crippen LogP contribution >= 0.6 is 0 Å². The molecule has 0 spiro atoms. The Kier molecular flexibility index (Phi) is 5.19. The van der Waals surface area contributed by atoms with Crippen molar-refractivity contribution >= 4 is 10.1 Å². The van der Waals surface area contributed by atoms with Crippen LogP contribution in [0.1, 0.15) is 27.7 Å². The summed E-state index contributed by atoms with van der Waals surface area (Å²) in [5, 5.41) is 0. The standard InChI is InChI=1S/C9H21NO4S/c1-7(14-9(2,3)4)8(10)6-13-15(5,11)12/h7-8H,6,10H2,1-5H3/p+1/t7-,8-/m1/s1. The van der Waals surface area contributed by atoms with Crippen molar-refractivity contribution in [2.45, 2.75) is 45.4 Å². The van der Waals surface area contributed by atoms with Crippen molar-refractivity contribution in [3.63, 3.8) is 0 Å². The lowest BCUT2D eigenvalue weighted by Gasteiger charge is -2.26. The van der Waals surface area contributed by atoms with Gasteiger partial charge >= 0.3 is 0 Å². The second kappa shape index (κ2) is 5.25. The van der Waals surface area contributed by atoms with Gasteiger partial charge in [0.2, 0.25) is 0 Å². The molecule has 0 bridgehead atoms. The van der Waals surface area contributed by atoms with Crippen LogP contribution in [0, 0.1) is 0 Å². The molecule has 15 heavy (non-hydrogen) atoms. The van der Waals surface area contributed by atoms with Crippen LogP contribution in [0.4, 0.5) is 0 Å². The molecule has 92 valence electrons. The predicted molar refractivity (Wildman–Crippen MR) is 57.8 cm³/mol. The molecule has 0 aromatic heterocycles. The van der Waals surface area contributed by atoms with Gasteiger partial charge in [-0.05, 0) is 27.7 Å². The maximum atomic E-state index is 10.8. The third kappa shape index (κ3) is 8.80. The molecule has 0 aromatic rings. The highest BCUT2D eigenvalue weighted by Crippen LogP contribution is 2.11. The molecule has 0 rings (SSSR count). The first-order valence-electron chi connectivity index (χ1n) is 4.86. The number of ether oxygens (including phenoxy) is 1. The van der Waals surface area contributed by atoms with Gasteiger partial charge < -0.3 is 10.5 Å². The molecule has 0 saturated carbocycles. The maximum Gasteiger partial charge on any atom is 0.264 e. The smallest absolute Gasteiger partial charge is 0.264 e. The zero-order valence-corrected chi connectivity index (χ0v) is 10.9. The van der Waals surface area contributed by atoms with Crippen LogP contribution in [-0.2, 0) is 19.0 Å². The fourth-order valence-corrected chi connectivity index (χ4v) is 1.42. The number of hydrogen-bond acceptors (Lipinski definition) is 4. The molecule has 0 fully saturated rings. The summed E-state index contributed by atoms with van der Waals surface area (Å²) < 4.78 is 31.8. The molecule has 0 amide bonds. The first-order chi connectivity index (χ1) is 6.51. The fraction of sp³-hybridized carbons (Fsp3) is 1.00. The van der Waals surface area contributed by atoms with Crippen LogP contribution in [0.25, 0.3) is 0 Å². The molecule has 6 heteroatoms. The summed E-state index contributed by atoms with van der Waals surface area (Å²) in [5.74, 6) is 0. The summed E-state index contributed by atoms with van der Waals surface area (Å²) in [6.45, 7) is 7.72. The van der Waals surface area contributed by atoms with Crippen molar-refractivity contribution < 1.29 is 23.1 Å². The van der Waals surface area contributed by atoms with E-state index in [4.69, 9.17) is 4.74 Å². The zero-order chi connectivity index (χ0) is 12.3. The maximum absolute atomic E-state index is 10.8. The summed E-state index contributed by atoms with van der Waals surface area (Å²) in [6, 6.07) is -0.209. The Labute approximate surface area is 92.1 Å². The largest absolute Gasteiger partial charge is 0.367 e. The second-order valence-electron chi connectivity index (χ2n) is 4.68. The molecule has 0 aliphatic heterocycles. The van der Waals surface area contributed by atoms with E-state index in [1.54, 1.807) is 0 Å². The first kappa shape index (κ1) is 14.8. The molecule has 2 atom stereocenters. The topological polar surface area (TPSA) is 80.2 Å². The Balaban J connectivity index is 4.06. The molecule has 5 nitrogen and oxygen atoms in total. The van der Waals surface area contributed by atoms with Gasteiger partial charge in [-0.1, -0.05) is 0 Å². The lowest BCUT2D eigenvalue weighted by Crippen LogP contribution is -2.69. The van der Waals surface area contributed by atoms with E-state index < -0.39 is 10.1 Å². The highest BCUT2D eigenvalue weighted by atomic mass is 32.2.